The fourth-order valence-corrected chi connectivity index (χ4v) is 4.55. The molecular weight excluding hydrogens is 454 g/mol. The summed E-state index contributed by atoms with van der Waals surface area (Å²) in [6.45, 7) is 3.84. The van der Waals surface area contributed by atoms with Crippen molar-refractivity contribution in [2.75, 3.05) is 23.3 Å². The summed E-state index contributed by atoms with van der Waals surface area (Å²) in [7, 11) is 0. The Morgan fingerprint density at radius 2 is 1.88 bits per heavy atom. The van der Waals surface area contributed by atoms with Gasteiger partial charge in [-0.3, -0.25) is 4.79 Å². The van der Waals surface area contributed by atoms with Gasteiger partial charge in [0, 0.05) is 29.6 Å². The SMILES string of the molecule is CC1(N)CCN(c2cnc(Sc3cccc(NC(=O)/C=C/c4ccccc4)c3Cl)cn2)CC1. The van der Waals surface area contributed by atoms with Crippen molar-refractivity contribution in [2.45, 2.75) is 35.2 Å². The van der Waals surface area contributed by atoms with Crippen LogP contribution in [-0.2, 0) is 4.79 Å². The Bertz CT molecular complexity index is 1130. The summed E-state index contributed by atoms with van der Waals surface area (Å²) in [5.74, 6) is 0.606. The molecule has 1 aromatic heterocycles. The molecule has 0 radical (unpaired) electrons. The zero-order valence-electron chi connectivity index (χ0n) is 18.4. The zero-order valence-corrected chi connectivity index (χ0v) is 19.9. The quantitative estimate of drug-likeness (QED) is 0.470. The van der Waals surface area contributed by atoms with Crippen molar-refractivity contribution < 1.29 is 4.79 Å². The predicted molar refractivity (Wildman–Crippen MR) is 136 cm³/mol. The fourth-order valence-electron chi connectivity index (χ4n) is 3.48. The minimum atomic E-state index is -0.248. The molecule has 6 nitrogen and oxygen atoms in total. The third-order valence-electron chi connectivity index (χ3n) is 5.51. The molecule has 1 saturated heterocycles. The van der Waals surface area contributed by atoms with E-state index in [1.54, 1.807) is 24.5 Å². The second-order valence-corrected chi connectivity index (χ2v) is 9.75. The average molecular weight is 480 g/mol. The Morgan fingerprint density at radius 1 is 1.12 bits per heavy atom. The molecule has 1 aliphatic heterocycles. The van der Waals surface area contributed by atoms with Gasteiger partial charge in [-0.15, -0.1) is 0 Å². The first kappa shape index (κ1) is 23.3. The third kappa shape index (κ3) is 6.35. The van der Waals surface area contributed by atoms with Gasteiger partial charge in [-0.2, -0.15) is 0 Å². The van der Waals surface area contributed by atoms with Crippen LogP contribution < -0.4 is 16.0 Å². The monoisotopic (exact) mass is 479 g/mol. The van der Waals surface area contributed by atoms with E-state index in [1.807, 2.05) is 42.5 Å². The maximum atomic E-state index is 12.3. The van der Waals surface area contributed by atoms with E-state index >= 15 is 0 Å². The van der Waals surface area contributed by atoms with E-state index in [0.717, 1.165) is 47.2 Å². The topological polar surface area (TPSA) is 84.1 Å². The van der Waals surface area contributed by atoms with Gasteiger partial charge in [0.05, 0.1) is 23.1 Å². The van der Waals surface area contributed by atoms with Crippen LogP contribution in [0.2, 0.25) is 5.02 Å². The molecule has 0 bridgehead atoms. The fraction of sp³-hybridized carbons (Fsp3) is 0.240. The summed E-state index contributed by atoms with van der Waals surface area (Å²) in [5, 5.41) is 4.04. The van der Waals surface area contributed by atoms with E-state index in [9.17, 15) is 4.79 Å². The Labute approximate surface area is 203 Å². The first-order chi connectivity index (χ1) is 15.9. The molecule has 3 aromatic rings. The molecule has 0 atom stereocenters. The van der Waals surface area contributed by atoms with Crippen LogP contribution >= 0.6 is 23.4 Å². The van der Waals surface area contributed by atoms with Gasteiger partial charge >= 0.3 is 0 Å². The number of nitrogens with two attached hydrogens (primary N) is 1. The summed E-state index contributed by atoms with van der Waals surface area (Å²) in [4.78, 5) is 24.5. The number of rotatable bonds is 6. The molecule has 0 aliphatic carbocycles. The van der Waals surface area contributed by atoms with Crippen molar-refractivity contribution >= 4 is 46.9 Å². The number of halogens is 1. The van der Waals surface area contributed by atoms with Crippen molar-refractivity contribution in [1.82, 2.24) is 9.97 Å². The number of hydrogen-bond acceptors (Lipinski definition) is 6. The lowest BCUT2D eigenvalue weighted by Crippen LogP contribution is -2.48. The highest BCUT2D eigenvalue weighted by molar-refractivity contribution is 7.99. The van der Waals surface area contributed by atoms with Crippen LogP contribution in [0.5, 0.6) is 0 Å². The van der Waals surface area contributed by atoms with Gasteiger partial charge < -0.3 is 16.0 Å². The Morgan fingerprint density at radius 3 is 2.58 bits per heavy atom. The molecule has 33 heavy (non-hydrogen) atoms. The van der Waals surface area contributed by atoms with Gasteiger partial charge in [-0.1, -0.05) is 59.8 Å². The minimum Gasteiger partial charge on any atom is -0.355 e. The van der Waals surface area contributed by atoms with Gasteiger partial charge in [0.25, 0.3) is 0 Å². The van der Waals surface area contributed by atoms with E-state index < -0.39 is 0 Å². The van der Waals surface area contributed by atoms with Crippen molar-refractivity contribution in [1.29, 1.82) is 0 Å². The number of hydrogen-bond donors (Lipinski definition) is 2. The lowest BCUT2D eigenvalue weighted by Gasteiger charge is -2.37. The number of aromatic nitrogens is 2. The largest absolute Gasteiger partial charge is 0.355 e. The summed E-state index contributed by atoms with van der Waals surface area (Å²) in [5.41, 5.74) is 7.62. The van der Waals surface area contributed by atoms with Crippen molar-refractivity contribution in [3.05, 3.63) is 77.6 Å². The number of carbonyl (C=O) groups excluding carboxylic acids is 1. The second-order valence-electron chi connectivity index (χ2n) is 8.31. The molecule has 1 amide bonds. The molecule has 8 heteroatoms. The lowest BCUT2D eigenvalue weighted by atomic mass is 9.91. The number of carbonyl (C=O) groups is 1. The molecular formula is C25H26ClN5OS. The zero-order chi connectivity index (χ0) is 23.3. The Kier molecular flexibility index (Phi) is 7.33. The second kappa shape index (κ2) is 10.4. The van der Waals surface area contributed by atoms with Crippen LogP contribution in [0.1, 0.15) is 25.3 Å². The van der Waals surface area contributed by atoms with Crippen molar-refractivity contribution in [2.24, 2.45) is 5.73 Å². The Hall–Kier alpha value is -2.87. The van der Waals surface area contributed by atoms with Crippen LogP contribution in [-0.4, -0.2) is 34.5 Å². The van der Waals surface area contributed by atoms with Gasteiger partial charge in [0.15, 0.2) is 0 Å². The van der Waals surface area contributed by atoms with Crippen molar-refractivity contribution in [3.63, 3.8) is 0 Å². The molecule has 4 rings (SSSR count). The van der Waals surface area contributed by atoms with Crippen LogP contribution in [0.15, 0.2) is 76.9 Å². The normalized spacial score (nSPS) is 15.5. The van der Waals surface area contributed by atoms with Gasteiger partial charge in [0.2, 0.25) is 5.91 Å². The number of amides is 1. The molecule has 170 valence electrons. The summed E-state index contributed by atoms with van der Waals surface area (Å²) in [6, 6.07) is 15.2. The molecule has 1 fully saturated rings. The van der Waals surface area contributed by atoms with Crippen molar-refractivity contribution in [3.8, 4) is 0 Å². The first-order valence-corrected chi connectivity index (χ1v) is 12.0. The minimum absolute atomic E-state index is 0.103. The molecule has 0 unspecified atom stereocenters. The smallest absolute Gasteiger partial charge is 0.248 e. The number of piperidine rings is 1. The van der Waals surface area contributed by atoms with Gasteiger partial charge in [-0.25, -0.2) is 9.97 Å². The van der Waals surface area contributed by atoms with Gasteiger partial charge in [-0.05, 0) is 43.5 Å². The van der Waals surface area contributed by atoms with Crippen LogP contribution in [0.4, 0.5) is 11.5 Å². The molecule has 0 spiro atoms. The van der Waals surface area contributed by atoms with E-state index in [0.29, 0.717) is 10.7 Å². The third-order valence-corrected chi connectivity index (χ3v) is 7.01. The number of nitrogens with one attached hydrogen (secondary N) is 1. The molecule has 3 N–H and O–H groups in total. The maximum Gasteiger partial charge on any atom is 0.248 e. The summed E-state index contributed by atoms with van der Waals surface area (Å²) >= 11 is 7.98. The van der Waals surface area contributed by atoms with E-state index in [4.69, 9.17) is 17.3 Å². The summed E-state index contributed by atoms with van der Waals surface area (Å²) < 4.78 is 0. The van der Waals surface area contributed by atoms with E-state index in [2.05, 4.69) is 27.1 Å². The molecule has 2 heterocycles. The highest BCUT2D eigenvalue weighted by Gasteiger charge is 2.26. The molecule has 1 aliphatic rings. The molecule has 2 aromatic carbocycles. The van der Waals surface area contributed by atoms with Crippen LogP contribution in [0, 0.1) is 0 Å². The lowest BCUT2D eigenvalue weighted by molar-refractivity contribution is -0.111. The Balaban J connectivity index is 1.39. The van der Waals surface area contributed by atoms with Crippen LogP contribution in [0.3, 0.4) is 0 Å². The predicted octanol–water partition coefficient (Wildman–Crippen LogP) is 5.25. The highest BCUT2D eigenvalue weighted by Crippen LogP contribution is 2.36. The average Bonchev–Trinajstić information content (AvgIpc) is 2.82. The summed E-state index contributed by atoms with van der Waals surface area (Å²) in [6.07, 6.45) is 8.65. The van der Waals surface area contributed by atoms with Gasteiger partial charge in [0.1, 0.15) is 10.8 Å². The molecule has 0 saturated carbocycles. The van der Waals surface area contributed by atoms with E-state index in [1.165, 1.54) is 17.8 Å². The maximum absolute atomic E-state index is 12.3. The number of benzene rings is 2. The van der Waals surface area contributed by atoms with E-state index in [-0.39, 0.29) is 11.4 Å². The van der Waals surface area contributed by atoms with Crippen LogP contribution in [0.25, 0.3) is 6.08 Å². The number of nitrogens with zero attached hydrogens (tertiary/aromatic N) is 3. The highest BCUT2D eigenvalue weighted by atomic mass is 35.5. The first-order valence-electron chi connectivity index (χ1n) is 10.8. The number of anilines is 2. The standard InChI is InChI=1S/C25H26ClN5OS/c1-25(27)12-14-31(15-13-25)21-16-29-23(17-28-21)33-20-9-5-8-19(24(20)26)30-22(32)11-10-18-6-3-2-4-7-18/h2-11,16-17H,12-15,27H2,1H3,(H,30,32)/b11-10+.